The van der Waals surface area contributed by atoms with E-state index in [1.165, 1.54) is 18.0 Å². The minimum Gasteiger partial charge on any atom is -0.404 e. The zero-order chi connectivity index (χ0) is 10.4. The molecule has 1 aromatic rings. The van der Waals surface area contributed by atoms with E-state index in [1.54, 1.807) is 0 Å². The van der Waals surface area contributed by atoms with E-state index in [4.69, 9.17) is 5.73 Å². The average Bonchev–Trinajstić information content (AvgIpc) is 2.21. The summed E-state index contributed by atoms with van der Waals surface area (Å²) < 4.78 is 15.1. The van der Waals surface area contributed by atoms with Gasteiger partial charge in [-0.15, -0.1) is 3.89 Å². The summed E-state index contributed by atoms with van der Waals surface area (Å²) in [5, 5.41) is 0. The molecule has 2 nitrogen and oxygen atoms in total. The summed E-state index contributed by atoms with van der Waals surface area (Å²) in [6.45, 7) is 2.00. The summed E-state index contributed by atoms with van der Waals surface area (Å²) in [5.41, 5.74) is 8.20. The highest BCUT2D eigenvalue weighted by atomic mass is 32.2. The van der Waals surface area contributed by atoms with Gasteiger partial charge >= 0.3 is 0 Å². The van der Waals surface area contributed by atoms with Crippen LogP contribution in [0.3, 0.4) is 0 Å². The zero-order valence-electron chi connectivity index (χ0n) is 7.77. The lowest BCUT2D eigenvalue weighted by Gasteiger charge is -2.00. The number of halogens is 1. The van der Waals surface area contributed by atoms with Crippen molar-refractivity contribution in [1.82, 2.24) is 0 Å². The fourth-order valence-corrected chi connectivity index (χ4v) is 1.19. The van der Waals surface area contributed by atoms with E-state index in [2.05, 4.69) is 4.40 Å². The normalized spacial score (nSPS) is 12.3. The lowest BCUT2D eigenvalue weighted by atomic mass is 10.1. The van der Waals surface area contributed by atoms with Crippen molar-refractivity contribution < 1.29 is 3.89 Å². The van der Waals surface area contributed by atoms with E-state index < -0.39 is 0 Å². The van der Waals surface area contributed by atoms with Gasteiger partial charge in [-0.1, -0.05) is 29.8 Å². The quantitative estimate of drug-likeness (QED) is 0.615. The second-order valence-corrected chi connectivity index (χ2v) is 3.14. The molecule has 0 fully saturated rings. The first-order valence-electron chi connectivity index (χ1n) is 4.08. The maximum absolute atomic E-state index is 11.7. The van der Waals surface area contributed by atoms with Gasteiger partial charge in [0.05, 0.1) is 0 Å². The highest BCUT2D eigenvalue weighted by molar-refractivity contribution is 7.93. The van der Waals surface area contributed by atoms with E-state index in [9.17, 15) is 3.89 Å². The van der Waals surface area contributed by atoms with Gasteiger partial charge in [-0.05, 0) is 12.5 Å². The first kappa shape index (κ1) is 10.8. The lowest BCUT2D eigenvalue weighted by molar-refractivity contribution is 0.939. The van der Waals surface area contributed by atoms with Crippen molar-refractivity contribution in [2.45, 2.75) is 6.92 Å². The zero-order valence-corrected chi connectivity index (χ0v) is 8.59. The van der Waals surface area contributed by atoms with Crippen molar-refractivity contribution in [2.75, 3.05) is 0 Å². The Morgan fingerprint density at radius 2 is 2.07 bits per heavy atom. The van der Waals surface area contributed by atoms with Crippen molar-refractivity contribution >= 4 is 24.1 Å². The van der Waals surface area contributed by atoms with Gasteiger partial charge in [0.15, 0.2) is 12.3 Å². The number of hydrogen-bond donors (Lipinski definition) is 1. The summed E-state index contributed by atoms with van der Waals surface area (Å²) in [4.78, 5) is 0. The van der Waals surface area contributed by atoms with Crippen LogP contribution in [0, 0.1) is 6.92 Å². The van der Waals surface area contributed by atoms with E-state index in [0.29, 0.717) is 5.57 Å². The van der Waals surface area contributed by atoms with Crippen LogP contribution in [0.4, 0.5) is 3.89 Å². The molecule has 74 valence electrons. The third-order valence-electron chi connectivity index (χ3n) is 1.80. The van der Waals surface area contributed by atoms with Crippen molar-refractivity contribution in [3.63, 3.8) is 0 Å². The van der Waals surface area contributed by atoms with Gasteiger partial charge in [0.2, 0.25) is 0 Å². The topological polar surface area (TPSA) is 38.4 Å². The van der Waals surface area contributed by atoms with Crippen LogP contribution in [0.2, 0.25) is 0 Å². The molecule has 0 bridgehead atoms. The molecule has 0 heterocycles. The van der Waals surface area contributed by atoms with Crippen LogP contribution in [0.25, 0.3) is 5.57 Å². The number of hydrogen-bond acceptors (Lipinski definition) is 3. The molecule has 0 aliphatic heterocycles. The van der Waals surface area contributed by atoms with Gasteiger partial charge in [-0.2, -0.15) is 4.40 Å². The molecule has 4 heteroatoms. The Balaban J connectivity index is 2.91. The van der Waals surface area contributed by atoms with Gasteiger partial charge in [0, 0.05) is 18.0 Å². The molecule has 1 rings (SSSR count). The van der Waals surface area contributed by atoms with Gasteiger partial charge < -0.3 is 5.73 Å². The van der Waals surface area contributed by atoms with E-state index >= 15 is 0 Å². The summed E-state index contributed by atoms with van der Waals surface area (Å²) in [6.07, 6.45) is 2.81. The highest BCUT2D eigenvalue weighted by Gasteiger charge is 1.96. The molecule has 0 aromatic heterocycles. The number of allylic oxidation sites excluding steroid dienone is 1. The molecule has 2 N–H and O–H groups in total. The van der Waals surface area contributed by atoms with Crippen molar-refractivity contribution in [3.05, 3.63) is 41.6 Å². The molecule has 0 atom stereocenters. The van der Waals surface area contributed by atoms with Gasteiger partial charge in [0.25, 0.3) is 0 Å². The van der Waals surface area contributed by atoms with Gasteiger partial charge in [0.1, 0.15) is 0 Å². The summed E-state index contributed by atoms with van der Waals surface area (Å²) >= 11 is -0.0838. The summed E-state index contributed by atoms with van der Waals surface area (Å²) in [7, 11) is 0. The monoisotopic (exact) mass is 210 g/mol. The van der Waals surface area contributed by atoms with E-state index in [-0.39, 0.29) is 12.3 Å². The van der Waals surface area contributed by atoms with Crippen LogP contribution in [-0.2, 0) is 0 Å². The molecule has 0 amide bonds. The van der Waals surface area contributed by atoms with Crippen molar-refractivity contribution in [3.8, 4) is 0 Å². The Bertz CT molecular complexity index is 344. The van der Waals surface area contributed by atoms with Gasteiger partial charge in [-0.25, -0.2) is 0 Å². The largest absolute Gasteiger partial charge is 0.404 e. The van der Waals surface area contributed by atoms with E-state index in [0.717, 1.165) is 5.56 Å². The Morgan fingerprint density at radius 1 is 1.43 bits per heavy atom. The second kappa shape index (κ2) is 5.44. The standard InChI is InChI=1S/C10H11FN2S/c1-8-2-4-9(5-3-8)10(6-12)7-13-14-11/h2-7H,12H2,1H3/b10-6+,13-7+. The molecule has 0 unspecified atom stereocenters. The van der Waals surface area contributed by atoms with Crippen LogP contribution < -0.4 is 5.73 Å². The SMILES string of the molecule is Cc1ccc(C(=C/N)/C=N/SF)cc1. The number of nitrogens with two attached hydrogens (primary N) is 1. The molecule has 0 aliphatic carbocycles. The molecule has 0 saturated carbocycles. The first-order valence-corrected chi connectivity index (χ1v) is 4.75. The Morgan fingerprint density at radius 3 is 2.57 bits per heavy atom. The molecule has 0 radical (unpaired) electrons. The first-order chi connectivity index (χ1) is 6.77. The smallest absolute Gasteiger partial charge is 0.186 e. The van der Waals surface area contributed by atoms with Crippen LogP contribution in [-0.4, -0.2) is 6.21 Å². The fourth-order valence-electron chi connectivity index (χ4n) is 1.04. The highest BCUT2D eigenvalue weighted by Crippen LogP contribution is 2.13. The number of aryl methyl sites for hydroxylation is 1. The third kappa shape index (κ3) is 2.88. The Kier molecular flexibility index (Phi) is 4.19. The fraction of sp³-hybridized carbons (Fsp3) is 0.100. The van der Waals surface area contributed by atoms with Crippen LogP contribution in [0.5, 0.6) is 0 Å². The van der Waals surface area contributed by atoms with E-state index in [1.807, 2.05) is 31.2 Å². The summed E-state index contributed by atoms with van der Waals surface area (Å²) in [5.74, 6) is 0. The molecule has 0 spiro atoms. The number of rotatable bonds is 3. The molecule has 0 saturated heterocycles. The maximum Gasteiger partial charge on any atom is 0.186 e. The molecular formula is C10H11FN2S. The van der Waals surface area contributed by atoms with Crippen molar-refractivity contribution in [2.24, 2.45) is 10.1 Å². The molecule has 14 heavy (non-hydrogen) atoms. The maximum atomic E-state index is 11.7. The van der Waals surface area contributed by atoms with Crippen LogP contribution >= 0.6 is 12.3 Å². The third-order valence-corrected chi connectivity index (χ3v) is 1.98. The minimum atomic E-state index is -0.0838. The lowest BCUT2D eigenvalue weighted by Crippen LogP contribution is -1.90. The summed E-state index contributed by atoms with van der Waals surface area (Å²) in [6, 6.07) is 7.77. The Labute approximate surface area is 87.2 Å². The van der Waals surface area contributed by atoms with Crippen LogP contribution in [0.15, 0.2) is 34.9 Å². The minimum absolute atomic E-state index is 0.0838. The molecule has 0 aliphatic rings. The number of nitrogens with zero attached hydrogens (tertiary/aromatic N) is 1. The molecular weight excluding hydrogens is 199 g/mol. The second-order valence-electron chi connectivity index (χ2n) is 2.79. The van der Waals surface area contributed by atoms with Crippen molar-refractivity contribution in [1.29, 1.82) is 0 Å². The van der Waals surface area contributed by atoms with Gasteiger partial charge in [-0.3, -0.25) is 0 Å². The van der Waals surface area contributed by atoms with Crippen LogP contribution in [0.1, 0.15) is 11.1 Å². The Hall–Kier alpha value is -1.29. The average molecular weight is 210 g/mol. The predicted molar refractivity (Wildman–Crippen MR) is 60.5 cm³/mol. The molecule has 1 aromatic carbocycles. The number of benzene rings is 1. The predicted octanol–water partition coefficient (Wildman–Crippen LogP) is 2.90.